The van der Waals surface area contributed by atoms with Crippen LogP contribution in [0.1, 0.15) is 5.56 Å². The third kappa shape index (κ3) is 1.16. The molecule has 0 atom stereocenters. The molecule has 1 heterocycles. The van der Waals surface area contributed by atoms with E-state index in [4.69, 9.17) is 0 Å². The van der Waals surface area contributed by atoms with Crippen molar-refractivity contribution in [1.82, 2.24) is 4.98 Å². The Morgan fingerprint density at radius 2 is 1.56 bits per heavy atom. The number of benzene rings is 3. The third-order valence-corrected chi connectivity index (χ3v) is 3.75. The van der Waals surface area contributed by atoms with Gasteiger partial charge in [0, 0.05) is 17.1 Å². The molecule has 0 aliphatic heterocycles. The summed E-state index contributed by atoms with van der Waals surface area (Å²) < 4.78 is 0. The number of aryl methyl sites for hydroxylation is 1. The lowest BCUT2D eigenvalue weighted by atomic mass is 9.98. The quantitative estimate of drug-likeness (QED) is 0.419. The molecule has 1 nitrogen and oxygen atoms in total. The van der Waals surface area contributed by atoms with Crippen molar-refractivity contribution in [3.05, 3.63) is 60.3 Å². The Hall–Kier alpha value is -2.28. The van der Waals surface area contributed by atoms with Crippen LogP contribution in [0.4, 0.5) is 0 Å². The van der Waals surface area contributed by atoms with E-state index in [1.54, 1.807) is 0 Å². The van der Waals surface area contributed by atoms with Crippen LogP contribution < -0.4 is 0 Å². The van der Waals surface area contributed by atoms with E-state index in [0.29, 0.717) is 0 Å². The van der Waals surface area contributed by atoms with E-state index >= 15 is 0 Å². The molecule has 18 heavy (non-hydrogen) atoms. The van der Waals surface area contributed by atoms with Crippen LogP contribution in [-0.2, 0) is 0 Å². The monoisotopic (exact) mass is 231 g/mol. The van der Waals surface area contributed by atoms with Gasteiger partial charge in [-0.3, -0.25) is 0 Å². The zero-order chi connectivity index (χ0) is 12.1. The van der Waals surface area contributed by atoms with Gasteiger partial charge in [-0.2, -0.15) is 0 Å². The number of aromatic amines is 1. The summed E-state index contributed by atoms with van der Waals surface area (Å²) in [7, 11) is 0. The molecule has 4 rings (SSSR count). The molecule has 0 aliphatic rings. The van der Waals surface area contributed by atoms with Crippen LogP contribution in [0.2, 0.25) is 0 Å². The molecule has 86 valence electrons. The maximum atomic E-state index is 3.34. The number of nitrogens with one attached hydrogen (secondary N) is 1. The zero-order valence-electron chi connectivity index (χ0n) is 10.2. The molecule has 4 aromatic rings. The van der Waals surface area contributed by atoms with E-state index in [0.717, 1.165) is 0 Å². The van der Waals surface area contributed by atoms with Gasteiger partial charge in [0.25, 0.3) is 0 Å². The average Bonchev–Trinajstić information content (AvgIpc) is 2.80. The van der Waals surface area contributed by atoms with Gasteiger partial charge in [0.1, 0.15) is 0 Å². The highest BCUT2D eigenvalue weighted by molar-refractivity contribution is 6.20. The first-order chi connectivity index (χ1) is 8.84. The van der Waals surface area contributed by atoms with Crippen molar-refractivity contribution in [2.45, 2.75) is 6.92 Å². The average molecular weight is 231 g/mol. The van der Waals surface area contributed by atoms with Crippen LogP contribution in [0, 0.1) is 6.92 Å². The van der Waals surface area contributed by atoms with Gasteiger partial charge in [-0.25, -0.2) is 0 Å². The summed E-state index contributed by atoms with van der Waals surface area (Å²) in [4.78, 5) is 3.34. The second kappa shape index (κ2) is 3.36. The molecule has 0 spiro atoms. The number of hydrogen-bond acceptors (Lipinski definition) is 0. The van der Waals surface area contributed by atoms with Crippen molar-refractivity contribution < 1.29 is 0 Å². The van der Waals surface area contributed by atoms with Crippen LogP contribution in [-0.4, -0.2) is 4.98 Å². The second-order valence-electron chi connectivity index (χ2n) is 4.84. The van der Waals surface area contributed by atoms with Gasteiger partial charge in [-0.1, -0.05) is 42.5 Å². The number of H-pyrrole nitrogens is 1. The standard InChI is InChI=1S/C17H13N/c1-11-10-18-15-9-8-13-7-6-12-4-2-3-5-14(12)17(13)16(11)15/h2-10,18H,1H3. The van der Waals surface area contributed by atoms with Gasteiger partial charge in [0.15, 0.2) is 0 Å². The van der Waals surface area contributed by atoms with Crippen LogP contribution in [0.15, 0.2) is 54.7 Å². The molecule has 1 heteroatoms. The summed E-state index contributed by atoms with van der Waals surface area (Å²) in [6.45, 7) is 2.17. The lowest BCUT2D eigenvalue weighted by Crippen LogP contribution is -1.80. The minimum atomic E-state index is 1.22. The smallest absolute Gasteiger partial charge is 0.0463 e. The lowest BCUT2D eigenvalue weighted by molar-refractivity contribution is 1.43. The number of aromatic nitrogens is 1. The summed E-state index contributed by atoms with van der Waals surface area (Å²) in [5.74, 6) is 0. The van der Waals surface area contributed by atoms with Crippen molar-refractivity contribution >= 4 is 32.4 Å². The predicted molar refractivity (Wildman–Crippen MR) is 78.0 cm³/mol. The lowest BCUT2D eigenvalue weighted by Gasteiger charge is -2.06. The Morgan fingerprint density at radius 3 is 2.50 bits per heavy atom. The van der Waals surface area contributed by atoms with E-state index in [9.17, 15) is 0 Å². The van der Waals surface area contributed by atoms with Crippen molar-refractivity contribution in [1.29, 1.82) is 0 Å². The fraction of sp³-hybridized carbons (Fsp3) is 0.0588. The summed E-state index contributed by atoms with van der Waals surface area (Å²) in [6, 6.07) is 17.4. The minimum Gasteiger partial charge on any atom is -0.361 e. The number of rotatable bonds is 0. The molecule has 0 saturated heterocycles. The third-order valence-electron chi connectivity index (χ3n) is 3.75. The van der Waals surface area contributed by atoms with Gasteiger partial charge >= 0.3 is 0 Å². The van der Waals surface area contributed by atoms with Crippen molar-refractivity contribution in [3.63, 3.8) is 0 Å². The molecule has 0 fully saturated rings. The molecule has 0 bridgehead atoms. The van der Waals surface area contributed by atoms with Crippen LogP contribution in [0.3, 0.4) is 0 Å². The highest BCUT2D eigenvalue weighted by atomic mass is 14.7. The molecular weight excluding hydrogens is 218 g/mol. The molecule has 0 saturated carbocycles. The fourth-order valence-corrected chi connectivity index (χ4v) is 2.89. The summed E-state index contributed by atoms with van der Waals surface area (Å²) in [6.07, 6.45) is 2.09. The highest BCUT2D eigenvalue weighted by Crippen LogP contribution is 2.33. The van der Waals surface area contributed by atoms with Crippen LogP contribution in [0.25, 0.3) is 32.4 Å². The van der Waals surface area contributed by atoms with E-state index < -0.39 is 0 Å². The molecule has 0 radical (unpaired) electrons. The fourth-order valence-electron chi connectivity index (χ4n) is 2.89. The Kier molecular flexibility index (Phi) is 1.81. The second-order valence-corrected chi connectivity index (χ2v) is 4.84. The molecular formula is C17H13N. The van der Waals surface area contributed by atoms with Crippen LogP contribution >= 0.6 is 0 Å². The van der Waals surface area contributed by atoms with Crippen molar-refractivity contribution in [3.8, 4) is 0 Å². The molecule has 0 unspecified atom stereocenters. The first-order valence-electron chi connectivity index (χ1n) is 6.23. The predicted octanol–water partition coefficient (Wildman–Crippen LogP) is 4.78. The summed E-state index contributed by atoms with van der Waals surface area (Å²) in [5, 5.41) is 6.67. The Bertz CT molecular complexity index is 884. The zero-order valence-corrected chi connectivity index (χ0v) is 10.2. The topological polar surface area (TPSA) is 15.8 Å². The number of hydrogen-bond donors (Lipinski definition) is 1. The first-order valence-corrected chi connectivity index (χ1v) is 6.23. The SMILES string of the molecule is Cc1c[nH]c2ccc3ccc4ccccc4c3c12. The van der Waals surface area contributed by atoms with E-state index in [-0.39, 0.29) is 0 Å². The summed E-state index contributed by atoms with van der Waals surface area (Å²) in [5.41, 5.74) is 2.53. The largest absolute Gasteiger partial charge is 0.361 e. The molecule has 0 aliphatic carbocycles. The van der Waals surface area contributed by atoms with Gasteiger partial charge in [0.05, 0.1) is 0 Å². The summed E-state index contributed by atoms with van der Waals surface area (Å²) >= 11 is 0. The molecule has 1 aromatic heterocycles. The van der Waals surface area contributed by atoms with Crippen molar-refractivity contribution in [2.24, 2.45) is 0 Å². The number of fused-ring (bicyclic) bond motifs is 5. The maximum absolute atomic E-state index is 3.34. The van der Waals surface area contributed by atoms with E-state index in [1.807, 2.05) is 0 Å². The van der Waals surface area contributed by atoms with Gasteiger partial charge < -0.3 is 4.98 Å². The van der Waals surface area contributed by atoms with Gasteiger partial charge in [-0.15, -0.1) is 0 Å². The molecule has 0 amide bonds. The Morgan fingerprint density at radius 1 is 0.778 bits per heavy atom. The van der Waals surface area contributed by atoms with E-state index in [2.05, 4.69) is 66.6 Å². The Balaban J connectivity index is 2.41. The first kappa shape index (κ1) is 9.72. The van der Waals surface area contributed by atoms with Gasteiger partial charge in [-0.05, 0) is 40.1 Å². The highest BCUT2D eigenvalue weighted by Gasteiger charge is 2.07. The minimum absolute atomic E-state index is 1.22. The van der Waals surface area contributed by atoms with Gasteiger partial charge in [0.2, 0.25) is 0 Å². The molecule has 1 N–H and O–H groups in total. The van der Waals surface area contributed by atoms with Crippen molar-refractivity contribution in [2.75, 3.05) is 0 Å². The molecule has 3 aromatic carbocycles. The van der Waals surface area contributed by atoms with Crippen LogP contribution in [0.5, 0.6) is 0 Å². The maximum Gasteiger partial charge on any atom is 0.0463 e. The van der Waals surface area contributed by atoms with E-state index in [1.165, 1.54) is 38.0 Å². The Labute approximate surface area is 105 Å². The normalized spacial score (nSPS) is 11.6.